The van der Waals surface area contributed by atoms with Gasteiger partial charge in [0.15, 0.2) is 5.76 Å². The number of nitrogens with zero attached hydrogens (tertiary/aromatic N) is 3. The smallest absolute Gasteiger partial charge is 0.416 e. The van der Waals surface area contributed by atoms with Crippen molar-refractivity contribution < 1.29 is 27.1 Å². The summed E-state index contributed by atoms with van der Waals surface area (Å²) in [6.45, 7) is 4.90. The molecule has 34 heavy (non-hydrogen) atoms. The van der Waals surface area contributed by atoms with Crippen LogP contribution in [0.2, 0.25) is 0 Å². The van der Waals surface area contributed by atoms with Crippen molar-refractivity contribution in [3.8, 4) is 11.3 Å². The molecule has 1 fully saturated rings. The van der Waals surface area contributed by atoms with Gasteiger partial charge in [0.1, 0.15) is 5.76 Å². The Bertz CT molecular complexity index is 1080. The standard InChI is InChI=1S/C25H26F3N3O3/c26-25(27,28)21-4-1-3-20(17-21)22-5-6-23(34-22)24(32)31(18-19-7-9-29-10-8-19)12-2-11-30-13-15-33-16-14-30/h1,3-10,17H,2,11-16,18H2. The van der Waals surface area contributed by atoms with Crippen molar-refractivity contribution in [2.75, 3.05) is 39.4 Å². The zero-order chi connectivity index (χ0) is 24.0. The first-order chi connectivity index (χ1) is 16.4. The molecule has 1 saturated heterocycles. The van der Waals surface area contributed by atoms with Crippen molar-refractivity contribution in [1.82, 2.24) is 14.8 Å². The Morgan fingerprint density at radius 1 is 1.06 bits per heavy atom. The predicted octanol–water partition coefficient (Wildman–Crippen LogP) is 4.73. The Labute approximate surface area is 195 Å². The molecule has 3 aromatic rings. The minimum atomic E-state index is -4.46. The number of aromatic nitrogens is 1. The molecule has 0 N–H and O–H groups in total. The fraction of sp³-hybridized carbons (Fsp3) is 0.360. The van der Waals surface area contributed by atoms with Gasteiger partial charge in [-0.2, -0.15) is 13.2 Å². The van der Waals surface area contributed by atoms with Crippen LogP contribution in [-0.2, 0) is 17.5 Å². The Morgan fingerprint density at radius 3 is 2.56 bits per heavy atom. The van der Waals surface area contributed by atoms with Crippen LogP contribution in [0, 0.1) is 0 Å². The van der Waals surface area contributed by atoms with E-state index in [-0.39, 0.29) is 23.0 Å². The normalized spacial score (nSPS) is 14.8. The third kappa shape index (κ3) is 6.24. The Kier molecular flexibility index (Phi) is 7.64. The van der Waals surface area contributed by atoms with E-state index in [2.05, 4.69) is 9.88 Å². The molecule has 1 aliphatic rings. The van der Waals surface area contributed by atoms with Gasteiger partial charge in [-0.3, -0.25) is 14.7 Å². The van der Waals surface area contributed by atoms with Gasteiger partial charge in [0.2, 0.25) is 0 Å². The summed E-state index contributed by atoms with van der Waals surface area (Å²) >= 11 is 0. The van der Waals surface area contributed by atoms with Crippen LogP contribution in [0.15, 0.2) is 65.3 Å². The highest BCUT2D eigenvalue weighted by Gasteiger charge is 2.31. The minimum absolute atomic E-state index is 0.0906. The lowest BCUT2D eigenvalue weighted by molar-refractivity contribution is -0.137. The summed E-state index contributed by atoms with van der Waals surface area (Å²) in [6, 6.07) is 11.6. The molecule has 0 spiro atoms. The van der Waals surface area contributed by atoms with Gasteiger partial charge >= 0.3 is 6.18 Å². The molecular formula is C25H26F3N3O3. The quantitative estimate of drug-likeness (QED) is 0.474. The third-order valence-corrected chi connectivity index (χ3v) is 5.71. The second-order valence-electron chi connectivity index (χ2n) is 8.13. The molecule has 0 aliphatic carbocycles. The van der Waals surface area contributed by atoms with E-state index in [0.717, 1.165) is 43.8 Å². The van der Waals surface area contributed by atoms with E-state index in [9.17, 15) is 18.0 Å². The Hall–Kier alpha value is -3.17. The third-order valence-electron chi connectivity index (χ3n) is 5.71. The number of ether oxygens (including phenoxy) is 1. The zero-order valence-corrected chi connectivity index (χ0v) is 18.6. The van der Waals surface area contributed by atoms with Crippen LogP contribution < -0.4 is 0 Å². The van der Waals surface area contributed by atoms with E-state index < -0.39 is 11.7 Å². The monoisotopic (exact) mass is 473 g/mol. The fourth-order valence-electron chi connectivity index (χ4n) is 3.88. The van der Waals surface area contributed by atoms with E-state index in [1.807, 2.05) is 12.1 Å². The summed E-state index contributed by atoms with van der Waals surface area (Å²) in [4.78, 5) is 21.3. The van der Waals surface area contributed by atoms with Gasteiger partial charge in [0.05, 0.1) is 18.8 Å². The number of carbonyl (C=O) groups excluding carboxylic acids is 1. The highest BCUT2D eigenvalue weighted by molar-refractivity contribution is 5.92. The molecule has 1 aromatic carbocycles. The molecule has 6 nitrogen and oxygen atoms in total. The highest BCUT2D eigenvalue weighted by atomic mass is 19.4. The van der Waals surface area contributed by atoms with Crippen LogP contribution in [0.1, 0.15) is 28.1 Å². The Balaban J connectivity index is 1.48. The second-order valence-corrected chi connectivity index (χ2v) is 8.13. The number of rotatable bonds is 8. The van der Waals surface area contributed by atoms with Crippen molar-refractivity contribution in [1.29, 1.82) is 0 Å². The minimum Gasteiger partial charge on any atom is -0.451 e. The number of hydrogen-bond donors (Lipinski definition) is 0. The largest absolute Gasteiger partial charge is 0.451 e. The Morgan fingerprint density at radius 2 is 1.82 bits per heavy atom. The topological polar surface area (TPSA) is 58.8 Å². The number of amides is 1. The highest BCUT2D eigenvalue weighted by Crippen LogP contribution is 2.32. The molecule has 1 amide bonds. The van der Waals surface area contributed by atoms with Crippen molar-refractivity contribution >= 4 is 5.91 Å². The van der Waals surface area contributed by atoms with Gasteiger partial charge in [0.25, 0.3) is 5.91 Å². The van der Waals surface area contributed by atoms with Crippen molar-refractivity contribution in [3.05, 3.63) is 77.8 Å². The zero-order valence-electron chi connectivity index (χ0n) is 18.6. The SMILES string of the molecule is O=C(c1ccc(-c2cccc(C(F)(F)F)c2)o1)N(CCCN1CCOCC1)Cc1ccncc1. The van der Waals surface area contributed by atoms with Crippen molar-refractivity contribution in [3.63, 3.8) is 0 Å². The van der Waals surface area contributed by atoms with E-state index in [1.165, 1.54) is 24.3 Å². The molecule has 0 bridgehead atoms. The van der Waals surface area contributed by atoms with Crippen LogP contribution in [0.4, 0.5) is 13.2 Å². The summed E-state index contributed by atoms with van der Waals surface area (Å²) in [5.41, 5.74) is 0.429. The molecular weight excluding hydrogens is 447 g/mol. The molecule has 1 aliphatic heterocycles. The van der Waals surface area contributed by atoms with E-state index in [4.69, 9.17) is 9.15 Å². The molecule has 180 valence electrons. The molecule has 0 saturated carbocycles. The molecule has 0 atom stereocenters. The number of halogens is 3. The maximum Gasteiger partial charge on any atom is 0.416 e. The van der Waals surface area contributed by atoms with Gasteiger partial charge < -0.3 is 14.1 Å². The number of hydrogen-bond acceptors (Lipinski definition) is 5. The first-order valence-electron chi connectivity index (χ1n) is 11.2. The lowest BCUT2D eigenvalue weighted by atomic mass is 10.1. The van der Waals surface area contributed by atoms with Gasteiger partial charge in [-0.05, 0) is 48.4 Å². The number of carbonyl (C=O) groups is 1. The van der Waals surface area contributed by atoms with Crippen LogP contribution >= 0.6 is 0 Å². The second kappa shape index (κ2) is 10.8. The summed E-state index contributed by atoms with van der Waals surface area (Å²) in [7, 11) is 0. The molecule has 2 aromatic heterocycles. The van der Waals surface area contributed by atoms with E-state index in [1.54, 1.807) is 17.3 Å². The molecule has 0 radical (unpaired) electrons. The van der Waals surface area contributed by atoms with Crippen LogP contribution in [-0.4, -0.2) is 60.1 Å². The molecule has 3 heterocycles. The van der Waals surface area contributed by atoms with Gasteiger partial charge in [-0.1, -0.05) is 12.1 Å². The van der Waals surface area contributed by atoms with Gasteiger partial charge in [-0.15, -0.1) is 0 Å². The fourth-order valence-corrected chi connectivity index (χ4v) is 3.88. The number of furan rings is 1. The maximum atomic E-state index is 13.3. The van der Waals surface area contributed by atoms with E-state index in [0.29, 0.717) is 26.3 Å². The lowest BCUT2D eigenvalue weighted by Gasteiger charge is -2.28. The summed E-state index contributed by atoms with van der Waals surface area (Å²) in [5.74, 6) is -0.00326. The van der Waals surface area contributed by atoms with Crippen LogP contribution in [0.3, 0.4) is 0 Å². The molecule has 9 heteroatoms. The lowest BCUT2D eigenvalue weighted by Crippen LogP contribution is -2.39. The van der Waals surface area contributed by atoms with Gasteiger partial charge in [0, 0.05) is 50.7 Å². The van der Waals surface area contributed by atoms with Gasteiger partial charge in [-0.25, -0.2) is 0 Å². The molecule has 0 unspecified atom stereocenters. The number of morpholine rings is 1. The summed E-state index contributed by atoms with van der Waals surface area (Å²) in [5, 5.41) is 0. The molecule has 4 rings (SSSR count). The maximum absolute atomic E-state index is 13.3. The summed E-state index contributed by atoms with van der Waals surface area (Å²) in [6.07, 6.45) is -0.337. The average Bonchev–Trinajstić information content (AvgIpc) is 3.34. The van der Waals surface area contributed by atoms with Crippen molar-refractivity contribution in [2.24, 2.45) is 0 Å². The summed E-state index contributed by atoms with van der Waals surface area (Å²) < 4.78 is 50.3. The predicted molar refractivity (Wildman–Crippen MR) is 120 cm³/mol. The first-order valence-corrected chi connectivity index (χ1v) is 11.2. The van der Waals surface area contributed by atoms with Crippen molar-refractivity contribution in [2.45, 2.75) is 19.1 Å². The number of pyridine rings is 1. The first kappa shape index (κ1) is 24.0. The van der Waals surface area contributed by atoms with Crippen LogP contribution in [0.5, 0.6) is 0 Å². The van der Waals surface area contributed by atoms with E-state index >= 15 is 0 Å². The average molecular weight is 473 g/mol. The number of alkyl halides is 3. The van der Waals surface area contributed by atoms with Crippen LogP contribution in [0.25, 0.3) is 11.3 Å². The number of benzene rings is 1.